The first kappa shape index (κ1) is 37.1. The molecule has 6 heteroatoms. The summed E-state index contributed by atoms with van der Waals surface area (Å²) in [5.74, 6) is 3.80. The summed E-state index contributed by atoms with van der Waals surface area (Å²) >= 11 is 0. The highest BCUT2D eigenvalue weighted by Crippen LogP contribution is 2.51. The van der Waals surface area contributed by atoms with Crippen molar-refractivity contribution in [3.63, 3.8) is 0 Å². The van der Waals surface area contributed by atoms with E-state index in [1.54, 1.807) is 0 Å². The van der Waals surface area contributed by atoms with E-state index in [2.05, 4.69) is 128 Å². The molecule has 2 unspecified atom stereocenters. The fraction of sp³-hybridized carbons (Fsp3) is 0.217. The molecule has 6 aromatic rings. The lowest BCUT2D eigenvalue weighted by Crippen LogP contribution is -2.12. The van der Waals surface area contributed by atoms with Gasteiger partial charge >= 0.3 is 16.8 Å². The Bertz CT molecular complexity index is 1960. The Morgan fingerprint density at radius 3 is 1.12 bits per heavy atom. The van der Waals surface area contributed by atoms with E-state index in [4.69, 9.17) is 18.1 Å². The first-order valence-corrected chi connectivity index (χ1v) is 20.3. The van der Waals surface area contributed by atoms with Gasteiger partial charge < -0.3 is 18.1 Å². The van der Waals surface area contributed by atoms with Gasteiger partial charge in [0, 0.05) is 11.1 Å². The van der Waals surface area contributed by atoms with Gasteiger partial charge in [0.2, 0.25) is 0 Å². The Labute approximate surface area is 312 Å². The maximum absolute atomic E-state index is 7.13. The molecule has 266 valence electrons. The zero-order chi connectivity index (χ0) is 36.8. The maximum Gasteiger partial charge on any atom is 0.326 e. The van der Waals surface area contributed by atoms with Gasteiger partial charge in [0.15, 0.2) is 0 Å². The highest BCUT2D eigenvalue weighted by Gasteiger charge is 2.28. The molecule has 6 rings (SSSR count). The van der Waals surface area contributed by atoms with Gasteiger partial charge in [-0.25, -0.2) is 0 Å². The summed E-state index contributed by atoms with van der Waals surface area (Å²) in [6, 6.07) is 45.8. The molecule has 0 amide bonds. The molecule has 0 bridgehead atoms. The third-order valence-electron chi connectivity index (χ3n) is 8.86. The van der Waals surface area contributed by atoms with Crippen LogP contribution in [0.25, 0.3) is 11.1 Å². The van der Waals surface area contributed by atoms with Crippen LogP contribution in [0.5, 0.6) is 23.0 Å². The normalized spacial score (nSPS) is 12.4. The van der Waals surface area contributed by atoms with Crippen molar-refractivity contribution in [2.45, 2.75) is 67.2 Å². The van der Waals surface area contributed by atoms with Crippen LogP contribution in [0.3, 0.4) is 0 Å². The zero-order valence-electron chi connectivity index (χ0n) is 31.4. The quantitative estimate of drug-likeness (QED) is 0.111. The van der Waals surface area contributed by atoms with Crippen molar-refractivity contribution >= 4 is 27.4 Å². The smallest absolute Gasteiger partial charge is 0.326 e. The third-order valence-corrected chi connectivity index (χ3v) is 11.7. The lowest BCUT2D eigenvalue weighted by Gasteiger charge is -2.26. The van der Waals surface area contributed by atoms with E-state index in [-0.39, 0.29) is 0 Å². The minimum atomic E-state index is -1.56. The second-order valence-corrected chi connectivity index (χ2v) is 16.6. The van der Waals surface area contributed by atoms with Gasteiger partial charge in [0.25, 0.3) is 0 Å². The fourth-order valence-corrected chi connectivity index (χ4v) is 9.16. The highest BCUT2D eigenvalue weighted by atomic mass is 31.2. The molecule has 2 atom stereocenters. The lowest BCUT2D eigenvalue weighted by atomic mass is 9.95. The molecule has 0 aliphatic carbocycles. The Hall–Kier alpha value is -4.62. The van der Waals surface area contributed by atoms with Crippen molar-refractivity contribution in [3.8, 4) is 34.1 Å². The van der Waals surface area contributed by atoms with Crippen LogP contribution in [0.15, 0.2) is 133 Å². The molecule has 0 radical (unpaired) electrons. The van der Waals surface area contributed by atoms with Crippen LogP contribution in [0.1, 0.15) is 72.9 Å². The van der Waals surface area contributed by atoms with Crippen LogP contribution < -0.4 is 28.7 Å². The predicted octanol–water partition coefficient (Wildman–Crippen LogP) is 13.0. The average molecular weight is 727 g/mol. The summed E-state index contributed by atoms with van der Waals surface area (Å²) in [4.78, 5) is 0. The first-order valence-electron chi connectivity index (χ1n) is 17.9. The van der Waals surface area contributed by atoms with E-state index in [0.717, 1.165) is 78.1 Å². The SMILES string of the molecule is Cc1cc(C)c(OP(Oc2ccccc2C(C)C)c2ccccc2)c(-c2cc(C)cc(C)c2OP(Oc2ccccc2C(C)C)c2ccccc2)c1. The van der Waals surface area contributed by atoms with Crippen LogP contribution in [-0.4, -0.2) is 0 Å². The molecule has 0 saturated heterocycles. The molecule has 0 saturated carbocycles. The van der Waals surface area contributed by atoms with Crippen molar-refractivity contribution in [1.29, 1.82) is 0 Å². The number of benzene rings is 6. The van der Waals surface area contributed by atoms with E-state index in [9.17, 15) is 0 Å². The summed E-state index contributed by atoms with van der Waals surface area (Å²) in [6.07, 6.45) is 0. The molecule has 0 aromatic heterocycles. The molecule has 0 N–H and O–H groups in total. The monoisotopic (exact) mass is 726 g/mol. The second-order valence-electron chi connectivity index (χ2n) is 13.9. The number of hydrogen-bond acceptors (Lipinski definition) is 4. The summed E-state index contributed by atoms with van der Waals surface area (Å²) in [5.41, 5.74) is 8.51. The predicted molar refractivity (Wildman–Crippen MR) is 220 cm³/mol. The molecular weight excluding hydrogens is 678 g/mol. The largest absolute Gasteiger partial charge is 0.435 e. The van der Waals surface area contributed by atoms with Crippen molar-refractivity contribution in [1.82, 2.24) is 0 Å². The number of hydrogen-bond donors (Lipinski definition) is 0. The Kier molecular flexibility index (Phi) is 12.0. The molecule has 52 heavy (non-hydrogen) atoms. The highest BCUT2D eigenvalue weighted by molar-refractivity contribution is 7.57. The zero-order valence-corrected chi connectivity index (χ0v) is 33.2. The number of rotatable bonds is 13. The van der Waals surface area contributed by atoms with E-state index < -0.39 is 16.8 Å². The summed E-state index contributed by atoms with van der Waals surface area (Å²) in [6.45, 7) is 17.2. The van der Waals surface area contributed by atoms with Crippen LogP contribution in [-0.2, 0) is 0 Å². The molecule has 6 aromatic carbocycles. The van der Waals surface area contributed by atoms with Gasteiger partial charge in [-0.05, 0) is 121 Å². The Morgan fingerprint density at radius 1 is 0.404 bits per heavy atom. The van der Waals surface area contributed by atoms with Gasteiger partial charge in [-0.15, -0.1) is 0 Å². The topological polar surface area (TPSA) is 36.9 Å². The van der Waals surface area contributed by atoms with Crippen molar-refractivity contribution in [3.05, 3.63) is 167 Å². The van der Waals surface area contributed by atoms with Crippen molar-refractivity contribution < 1.29 is 18.1 Å². The standard InChI is InChI=1S/C46H48O4P2/c1-31(2)39-23-15-17-25-43(39)47-51(37-19-11-9-12-20-37)49-45-35(7)27-33(5)29-41(45)42-30-34(6)28-36(8)46(42)50-52(38-21-13-10-14-22-38)48-44-26-18-16-24-40(44)32(3)4/h9-32H,1-8H3. The van der Waals surface area contributed by atoms with Crippen LogP contribution >= 0.6 is 16.8 Å². The van der Waals surface area contributed by atoms with Crippen molar-refractivity contribution in [2.75, 3.05) is 0 Å². The number of aryl methyl sites for hydroxylation is 4. The van der Waals surface area contributed by atoms with E-state index in [1.165, 1.54) is 0 Å². The Balaban J connectivity index is 1.47. The molecule has 4 nitrogen and oxygen atoms in total. The van der Waals surface area contributed by atoms with Crippen LogP contribution in [0.2, 0.25) is 0 Å². The minimum absolute atomic E-state index is 0.296. The average Bonchev–Trinajstić information content (AvgIpc) is 3.13. The van der Waals surface area contributed by atoms with Crippen LogP contribution in [0, 0.1) is 27.7 Å². The molecular formula is C46H48O4P2. The molecule has 0 spiro atoms. The van der Waals surface area contributed by atoms with Crippen molar-refractivity contribution in [2.24, 2.45) is 0 Å². The lowest BCUT2D eigenvalue weighted by molar-refractivity contribution is 0.490. The summed E-state index contributed by atoms with van der Waals surface area (Å²) in [5, 5.41) is 1.98. The first-order chi connectivity index (χ1) is 25.1. The van der Waals surface area contributed by atoms with E-state index in [0.29, 0.717) is 11.8 Å². The molecule has 0 fully saturated rings. The molecule has 0 heterocycles. The van der Waals surface area contributed by atoms with Gasteiger partial charge in [0.05, 0.1) is 10.6 Å². The maximum atomic E-state index is 7.13. The summed E-state index contributed by atoms with van der Waals surface area (Å²) < 4.78 is 28.0. The van der Waals surface area contributed by atoms with Gasteiger partial charge in [-0.3, -0.25) is 0 Å². The Morgan fingerprint density at radius 2 is 0.750 bits per heavy atom. The van der Waals surface area contributed by atoms with Gasteiger partial charge in [-0.2, -0.15) is 0 Å². The van der Waals surface area contributed by atoms with E-state index in [1.807, 2.05) is 60.7 Å². The second kappa shape index (κ2) is 16.8. The van der Waals surface area contributed by atoms with Crippen LogP contribution in [0.4, 0.5) is 0 Å². The molecule has 0 aliphatic heterocycles. The fourth-order valence-electron chi connectivity index (χ4n) is 6.32. The number of para-hydroxylation sites is 2. The van der Waals surface area contributed by atoms with Gasteiger partial charge in [0.1, 0.15) is 23.0 Å². The summed E-state index contributed by atoms with van der Waals surface area (Å²) in [7, 11) is -3.13. The van der Waals surface area contributed by atoms with E-state index >= 15 is 0 Å². The third kappa shape index (κ3) is 8.70. The minimum Gasteiger partial charge on any atom is -0.435 e. The molecule has 0 aliphatic rings. The van der Waals surface area contributed by atoms with Gasteiger partial charge in [-0.1, -0.05) is 113 Å².